The van der Waals surface area contributed by atoms with E-state index in [1.54, 1.807) is 18.2 Å². The van der Waals surface area contributed by atoms with Gasteiger partial charge in [0.2, 0.25) is 5.75 Å². The molecule has 1 heterocycles. The number of piperazine rings is 1. The Morgan fingerprint density at radius 1 is 1.00 bits per heavy atom. The lowest BCUT2D eigenvalue weighted by Gasteiger charge is -2.36. The van der Waals surface area contributed by atoms with Crippen molar-refractivity contribution in [3.8, 4) is 17.2 Å². The summed E-state index contributed by atoms with van der Waals surface area (Å²) in [6.07, 6.45) is 3.12. The monoisotopic (exact) mass is 411 g/mol. The second kappa shape index (κ2) is 9.54. The van der Waals surface area contributed by atoms with Gasteiger partial charge in [0.05, 0.1) is 14.2 Å². The number of carbonyl (C=O) groups is 1. The minimum Gasteiger partial charge on any atom is -0.502 e. The van der Waals surface area contributed by atoms with Crippen molar-refractivity contribution in [2.45, 2.75) is 13.8 Å². The highest BCUT2D eigenvalue weighted by Crippen LogP contribution is 2.37. The molecule has 1 aliphatic heterocycles. The Labute approximate surface area is 177 Å². The standard InChI is InChI=1S/C23H29N3O4/c1-16-5-7-19(13-17(16)2)25-9-11-26(12-10-25)24-22(27)8-6-18-14-20(29-3)23(28)21(15-18)30-4/h5-8,13-15,28H,9-12H2,1-4H3,(H,24,27)/b8-6+. The lowest BCUT2D eigenvalue weighted by atomic mass is 10.1. The van der Waals surface area contributed by atoms with Gasteiger partial charge in [-0.15, -0.1) is 0 Å². The van der Waals surface area contributed by atoms with Gasteiger partial charge in [0.1, 0.15) is 0 Å². The van der Waals surface area contributed by atoms with Gasteiger partial charge >= 0.3 is 0 Å². The van der Waals surface area contributed by atoms with Gasteiger partial charge in [0.25, 0.3) is 5.91 Å². The van der Waals surface area contributed by atoms with E-state index in [-0.39, 0.29) is 23.2 Å². The van der Waals surface area contributed by atoms with Crippen LogP contribution in [-0.4, -0.2) is 56.4 Å². The van der Waals surface area contributed by atoms with Crippen LogP contribution in [0.25, 0.3) is 6.08 Å². The first-order valence-corrected chi connectivity index (χ1v) is 9.92. The second-order valence-corrected chi connectivity index (χ2v) is 7.33. The normalized spacial score (nSPS) is 14.7. The fourth-order valence-corrected chi connectivity index (χ4v) is 3.37. The number of carbonyl (C=O) groups excluding carboxylic acids is 1. The van der Waals surface area contributed by atoms with Crippen molar-refractivity contribution in [3.05, 3.63) is 53.1 Å². The molecule has 0 radical (unpaired) electrons. The molecule has 30 heavy (non-hydrogen) atoms. The van der Waals surface area contributed by atoms with Crippen LogP contribution in [0.4, 0.5) is 5.69 Å². The van der Waals surface area contributed by atoms with Crippen LogP contribution in [0.5, 0.6) is 17.2 Å². The summed E-state index contributed by atoms with van der Waals surface area (Å²) in [4.78, 5) is 14.7. The molecule has 160 valence electrons. The highest BCUT2D eigenvalue weighted by Gasteiger charge is 2.18. The van der Waals surface area contributed by atoms with Crippen LogP contribution in [-0.2, 0) is 4.79 Å². The SMILES string of the molecule is COc1cc(/C=C/C(=O)NN2CCN(c3ccc(C)c(C)c3)CC2)cc(OC)c1O. The summed E-state index contributed by atoms with van der Waals surface area (Å²) in [7, 11) is 2.93. The first kappa shape index (κ1) is 21.5. The first-order valence-electron chi connectivity index (χ1n) is 9.92. The van der Waals surface area contributed by atoms with Crippen LogP contribution >= 0.6 is 0 Å². The van der Waals surface area contributed by atoms with E-state index in [9.17, 15) is 9.90 Å². The maximum absolute atomic E-state index is 12.3. The van der Waals surface area contributed by atoms with Gasteiger partial charge in [-0.3, -0.25) is 10.2 Å². The fourth-order valence-electron chi connectivity index (χ4n) is 3.37. The average molecular weight is 412 g/mol. The van der Waals surface area contributed by atoms with Crippen molar-refractivity contribution < 1.29 is 19.4 Å². The number of hydrogen-bond donors (Lipinski definition) is 2. The first-order chi connectivity index (χ1) is 14.4. The number of aryl methyl sites for hydroxylation is 2. The summed E-state index contributed by atoms with van der Waals surface area (Å²) in [5, 5.41) is 11.9. The largest absolute Gasteiger partial charge is 0.502 e. The number of hydrogen-bond acceptors (Lipinski definition) is 6. The molecule has 0 spiro atoms. The van der Waals surface area contributed by atoms with Crippen LogP contribution in [0, 0.1) is 13.8 Å². The van der Waals surface area contributed by atoms with Gasteiger partial charge in [0, 0.05) is 37.9 Å². The highest BCUT2D eigenvalue weighted by molar-refractivity contribution is 5.91. The van der Waals surface area contributed by atoms with Gasteiger partial charge in [-0.1, -0.05) is 6.07 Å². The average Bonchev–Trinajstić information content (AvgIpc) is 2.75. The van der Waals surface area contributed by atoms with Gasteiger partial charge in [0.15, 0.2) is 11.5 Å². The number of phenols is 1. The van der Waals surface area contributed by atoms with Gasteiger partial charge in [-0.2, -0.15) is 0 Å². The topological polar surface area (TPSA) is 74.3 Å². The van der Waals surface area contributed by atoms with Crippen molar-refractivity contribution >= 4 is 17.7 Å². The molecule has 0 bridgehead atoms. The zero-order valence-electron chi connectivity index (χ0n) is 17.9. The number of aromatic hydroxyl groups is 1. The molecule has 2 N–H and O–H groups in total. The summed E-state index contributed by atoms with van der Waals surface area (Å²) >= 11 is 0. The molecular formula is C23H29N3O4. The summed E-state index contributed by atoms with van der Waals surface area (Å²) in [5.41, 5.74) is 7.41. The molecule has 2 aromatic carbocycles. The number of phenolic OH excluding ortho intramolecular Hbond substituents is 1. The summed E-state index contributed by atoms with van der Waals surface area (Å²) < 4.78 is 10.3. The van der Waals surface area contributed by atoms with E-state index in [0.717, 1.165) is 26.2 Å². The molecular weight excluding hydrogens is 382 g/mol. The number of anilines is 1. The Bertz CT molecular complexity index is 909. The maximum Gasteiger partial charge on any atom is 0.258 e. The lowest BCUT2D eigenvalue weighted by molar-refractivity contribution is -0.121. The minimum atomic E-state index is -0.208. The molecule has 1 saturated heterocycles. The fraction of sp³-hybridized carbons (Fsp3) is 0.348. The van der Waals surface area contributed by atoms with Crippen LogP contribution in [0.1, 0.15) is 16.7 Å². The number of rotatable bonds is 6. The molecule has 0 saturated carbocycles. The van der Waals surface area contributed by atoms with E-state index in [1.165, 1.54) is 37.1 Å². The van der Waals surface area contributed by atoms with Crippen molar-refractivity contribution in [1.29, 1.82) is 0 Å². The quantitative estimate of drug-likeness (QED) is 0.712. The molecule has 0 aromatic heterocycles. The molecule has 0 aliphatic carbocycles. The van der Waals surface area contributed by atoms with E-state index in [1.807, 2.05) is 5.01 Å². The van der Waals surface area contributed by atoms with Gasteiger partial charge < -0.3 is 19.5 Å². The number of ether oxygens (including phenoxy) is 2. The van der Waals surface area contributed by atoms with E-state index in [0.29, 0.717) is 5.56 Å². The van der Waals surface area contributed by atoms with E-state index < -0.39 is 0 Å². The molecule has 1 aliphatic rings. The number of nitrogens with one attached hydrogen (secondary N) is 1. The summed E-state index contributed by atoms with van der Waals surface area (Å²) in [5.74, 6) is 0.303. The predicted molar refractivity (Wildman–Crippen MR) is 118 cm³/mol. The molecule has 0 atom stereocenters. The third-order valence-corrected chi connectivity index (χ3v) is 5.33. The maximum atomic E-state index is 12.3. The zero-order valence-corrected chi connectivity index (χ0v) is 17.9. The van der Waals surface area contributed by atoms with E-state index >= 15 is 0 Å². The Morgan fingerprint density at radius 2 is 1.63 bits per heavy atom. The summed E-state index contributed by atoms with van der Waals surface area (Å²) in [6.45, 7) is 7.42. The van der Waals surface area contributed by atoms with Crippen molar-refractivity contribution in [1.82, 2.24) is 10.4 Å². The predicted octanol–water partition coefficient (Wildman–Crippen LogP) is 2.89. The smallest absolute Gasteiger partial charge is 0.258 e. The zero-order chi connectivity index (χ0) is 21.7. The highest BCUT2D eigenvalue weighted by atomic mass is 16.5. The Kier molecular flexibility index (Phi) is 6.84. The Hall–Kier alpha value is -3.19. The molecule has 3 rings (SSSR count). The number of amides is 1. The van der Waals surface area contributed by atoms with E-state index in [2.05, 4.69) is 42.4 Å². The van der Waals surface area contributed by atoms with Crippen molar-refractivity contribution in [3.63, 3.8) is 0 Å². The third kappa shape index (κ3) is 5.04. The summed E-state index contributed by atoms with van der Waals surface area (Å²) in [6, 6.07) is 9.80. The van der Waals surface area contributed by atoms with Crippen molar-refractivity contribution in [2.24, 2.45) is 0 Å². The third-order valence-electron chi connectivity index (χ3n) is 5.33. The second-order valence-electron chi connectivity index (χ2n) is 7.33. The molecule has 1 fully saturated rings. The van der Waals surface area contributed by atoms with E-state index in [4.69, 9.17) is 9.47 Å². The lowest BCUT2D eigenvalue weighted by Crippen LogP contribution is -2.53. The number of methoxy groups -OCH3 is 2. The molecule has 1 amide bonds. The Morgan fingerprint density at radius 3 is 2.20 bits per heavy atom. The number of hydrazine groups is 1. The van der Waals surface area contributed by atoms with Crippen LogP contribution in [0.2, 0.25) is 0 Å². The van der Waals surface area contributed by atoms with Crippen LogP contribution in [0.15, 0.2) is 36.4 Å². The van der Waals surface area contributed by atoms with Gasteiger partial charge in [-0.25, -0.2) is 5.01 Å². The number of nitrogens with zero attached hydrogens (tertiary/aromatic N) is 2. The van der Waals surface area contributed by atoms with Crippen LogP contribution < -0.4 is 19.8 Å². The minimum absolute atomic E-state index is 0.0664. The Balaban J connectivity index is 1.55. The molecule has 7 nitrogen and oxygen atoms in total. The van der Waals surface area contributed by atoms with Crippen molar-refractivity contribution in [2.75, 3.05) is 45.3 Å². The molecule has 2 aromatic rings. The van der Waals surface area contributed by atoms with Gasteiger partial charge in [-0.05, 0) is 60.9 Å². The van der Waals surface area contributed by atoms with Crippen LogP contribution in [0.3, 0.4) is 0 Å². The molecule has 0 unspecified atom stereocenters. The molecule has 7 heteroatoms. The number of benzene rings is 2.